The Morgan fingerprint density at radius 3 is 2.67 bits per heavy atom. The van der Waals surface area contributed by atoms with Crippen LogP contribution in [-0.4, -0.2) is 0 Å². The Bertz CT molecular complexity index is 390. The van der Waals surface area contributed by atoms with Gasteiger partial charge in [-0.25, -0.2) is 0 Å². The van der Waals surface area contributed by atoms with Crippen LogP contribution in [0.5, 0.6) is 0 Å². The van der Waals surface area contributed by atoms with Gasteiger partial charge >= 0.3 is 0 Å². The highest BCUT2D eigenvalue weighted by Gasteiger charge is 2.11. The fourth-order valence-corrected chi connectivity index (χ4v) is 1.90. The highest BCUT2D eigenvalue weighted by atomic mass is 14.2. The minimum atomic E-state index is 1.05. The van der Waals surface area contributed by atoms with Crippen LogP contribution in [0, 0.1) is 11.8 Å². The highest BCUT2D eigenvalue weighted by Crippen LogP contribution is 2.23. The number of benzene rings is 1. The van der Waals surface area contributed by atoms with Gasteiger partial charge in [0.25, 0.3) is 0 Å². The third kappa shape index (κ3) is 2.63. The van der Waals surface area contributed by atoms with Gasteiger partial charge in [-0.2, -0.15) is 0 Å². The number of rotatable bonds is 3. The quantitative estimate of drug-likeness (QED) is 0.513. The molecule has 0 aliphatic heterocycles. The van der Waals surface area contributed by atoms with Crippen LogP contribution >= 0.6 is 0 Å². The van der Waals surface area contributed by atoms with Crippen molar-refractivity contribution in [2.24, 2.45) is 0 Å². The van der Waals surface area contributed by atoms with Gasteiger partial charge in [0.2, 0.25) is 0 Å². The minimum Gasteiger partial charge on any atom is -0.0979 e. The number of hydrogen-bond acceptors (Lipinski definition) is 0. The molecule has 1 aromatic carbocycles. The predicted octanol–water partition coefficient (Wildman–Crippen LogP) is 3.72. The number of aryl methyl sites for hydroxylation is 2. The van der Waals surface area contributed by atoms with Crippen molar-refractivity contribution in [3.63, 3.8) is 0 Å². The van der Waals surface area contributed by atoms with Crippen molar-refractivity contribution in [1.29, 1.82) is 0 Å². The molecular weight excluding hydrogens is 180 g/mol. The summed E-state index contributed by atoms with van der Waals surface area (Å²) in [4.78, 5) is 0. The third-order valence-electron chi connectivity index (χ3n) is 3.01. The van der Waals surface area contributed by atoms with E-state index >= 15 is 0 Å². The first-order valence-corrected chi connectivity index (χ1v) is 6.01. The molecule has 1 aromatic rings. The highest BCUT2D eigenvalue weighted by molar-refractivity contribution is 5.44. The largest absolute Gasteiger partial charge is 0.0979 e. The zero-order valence-electron chi connectivity index (χ0n) is 9.47. The Labute approximate surface area is 92.7 Å². The van der Waals surface area contributed by atoms with Crippen LogP contribution in [0.3, 0.4) is 0 Å². The smallest absolute Gasteiger partial charge is 0.0248 e. The molecule has 0 amide bonds. The average Bonchev–Trinajstić information content (AvgIpc) is 2.21. The van der Waals surface area contributed by atoms with Gasteiger partial charge in [-0.15, -0.1) is 0 Å². The van der Waals surface area contributed by atoms with Crippen LogP contribution in [0.2, 0.25) is 0 Å². The van der Waals surface area contributed by atoms with Gasteiger partial charge in [-0.3, -0.25) is 0 Å². The first-order valence-electron chi connectivity index (χ1n) is 6.01. The van der Waals surface area contributed by atoms with Crippen molar-refractivity contribution in [2.45, 2.75) is 45.4 Å². The molecule has 0 spiro atoms. The number of fused-ring (bicyclic) bond motifs is 1. The first kappa shape index (κ1) is 10.3. The SMILES string of the molecule is CCCCCC#Cc1ccc2c(c1)CC2. The molecular formula is C15H18. The molecule has 0 N–H and O–H groups in total. The maximum atomic E-state index is 3.26. The van der Waals surface area contributed by atoms with Crippen LogP contribution in [0.15, 0.2) is 18.2 Å². The summed E-state index contributed by atoms with van der Waals surface area (Å²) in [5.41, 5.74) is 4.23. The second-order valence-electron chi connectivity index (χ2n) is 4.24. The molecule has 0 atom stereocenters. The lowest BCUT2D eigenvalue weighted by molar-refractivity contribution is 0.737. The van der Waals surface area contributed by atoms with Crippen molar-refractivity contribution in [3.05, 3.63) is 34.9 Å². The van der Waals surface area contributed by atoms with Crippen LogP contribution in [0.25, 0.3) is 0 Å². The van der Waals surface area contributed by atoms with Crippen LogP contribution in [0.4, 0.5) is 0 Å². The normalized spacial score (nSPS) is 12.3. The Morgan fingerprint density at radius 2 is 2.00 bits per heavy atom. The summed E-state index contributed by atoms with van der Waals surface area (Å²) >= 11 is 0. The van der Waals surface area contributed by atoms with Crippen molar-refractivity contribution in [1.82, 2.24) is 0 Å². The minimum absolute atomic E-state index is 1.05. The van der Waals surface area contributed by atoms with Gasteiger partial charge in [0.1, 0.15) is 0 Å². The maximum absolute atomic E-state index is 3.26. The van der Waals surface area contributed by atoms with Crippen LogP contribution in [0.1, 0.15) is 49.3 Å². The van der Waals surface area contributed by atoms with Gasteiger partial charge in [-0.05, 0) is 42.5 Å². The maximum Gasteiger partial charge on any atom is 0.0248 e. The van der Waals surface area contributed by atoms with E-state index < -0.39 is 0 Å². The number of unbranched alkanes of at least 4 members (excludes halogenated alkanes) is 3. The van der Waals surface area contributed by atoms with E-state index in [1.807, 2.05) is 0 Å². The Hall–Kier alpha value is -1.22. The Kier molecular flexibility index (Phi) is 3.45. The Balaban J connectivity index is 1.90. The van der Waals surface area contributed by atoms with Crippen molar-refractivity contribution in [2.75, 3.05) is 0 Å². The standard InChI is InChI=1S/C15H18/c1-2-3-4-5-6-7-13-8-9-14-10-11-15(14)12-13/h8-9,12H,2-5,10-11H2,1H3. The molecule has 1 aliphatic rings. The van der Waals surface area contributed by atoms with Crippen LogP contribution in [-0.2, 0) is 12.8 Å². The molecule has 0 fully saturated rings. The zero-order chi connectivity index (χ0) is 10.5. The lowest BCUT2D eigenvalue weighted by Gasteiger charge is -2.17. The second kappa shape index (κ2) is 5.03. The topological polar surface area (TPSA) is 0 Å². The summed E-state index contributed by atoms with van der Waals surface area (Å²) in [6, 6.07) is 6.64. The molecule has 0 unspecified atom stereocenters. The van der Waals surface area contributed by atoms with Gasteiger partial charge in [0.05, 0.1) is 0 Å². The molecule has 15 heavy (non-hydrogen) atoms. The fraction of sp³-hybridized carbons (Fsp3) is 0.467. The second-order valence-corrected chi connectivity index (χ2v) is 4.24. The molecule has 0 aromatic heterocycles. The van der Waals surface area contributed by atoms with Gasteiger partial charge in [-0.1, -0.05) is 37.7 Å². The van der Waals surface area contributed by atoms with E-state index in [1.54, 1.807) is 0 Å². The van der Waals surface area contributed by atoms with E-state index in [0.717, 1.165) is 6.42 Å². The van der Waals surface area contributed by atoms with Crippen molar-refractivity contribution in [3.8, 4) is 11.8 Å². The van der Waals surface area contributed by atoms with E-state index in [0.29, 0.717) is 0 Å². The fourth-order valence-electron chi connectivity index (χ4n) is 1.90. The van der Waals surface area contributed by atoms with E-state index in [9.17, 15) is 0 Å². The molecule has 78 valence electrons. The third-order valence-corrected chi connectivity index (χ3v) is 3.01. The number of hydrogen-bond donors (Lipinski definition) is 0. The van der Waals surface area contributed by atoms with Crippen LogP contribution < -0.4 is 0 Å². The molecule has 0 saturated heterocycles. The van der Waals surface area contributed by atoms with E-state index in [4.69, 9.17) is 0 Å². The first-order chi connectivity index (χ1) is 7.40. The summed E-state index contributed by atoms with van der Waals surface area (Å²) < 4.78 is 0. The average molecular weight is 198 g/mol. The molecule has 0 bridgehead atoms. The molecule has 1 aliphatic carbocycles. The van der Waals surface area contributed by atoms with Gasteiger partial charge < -0.3 is 0 Å². The zero-order valence-corrected chi connectivity index (χ0v) is 9.47. The van der Waals surface area contributed by atoms with Crippen molar-refractivity contribution >= 4 is 0 Å². The molecule has 0 heteroatoms. The van der Waals surface area contributed by atoms with E-state index in [-0.39, 0.29) is 0 Å². The van der Waals surface area contributed by atoms with Crippen molar-refractivity contribution < 1.29 is 0 Å². The summed E-state index contributed by atoms with van der Waals surface area (Å²) in [6.45, 7) is 2.23. The molecule has 2 rings (SSSR count). The van der Waals surface area contributed by atoms with E-state index in [1.165, 1.54) is 48.8 Å². The molecule has 0 radical (unpaired) electrons. The summed E-state index contributed by atoms with van der Waals surface area (Å²) in [5, 5.41) is 0. The lowest BCUT2D eigenvalue weighted by atomic mass is 9.87. The monoisotopic (exact) mass is 198 g/mol. The van der Waals surface area contributed by atoms with E-state index in [2.05, 4.69) is 37.0 Å². The Morgan fingerprint density at radius 1 is 1.13 bits per heavy atom. The molecule has 0 heterocycles. The summed E-state index contributed by atoms with van der Waals surface area (Å²) in [5.74, 6) is 6.51. The predicted molar refractivity (Wildman–Crippen MR) is 64.9 cm³/mol. The molecule has 0 nitrogen and oxygen atoms in total. The molecule has 0 saturated carbocycles. The summed E-state index contributed by atoms with van der Waals surface area (Å²) in [7, 11) is 0. The lowest BCUT2D eigenvalue weighted by Crippen LogP contribution is -2.07. The van der Waals surface area contributed by atoms with Gasteiger partial charge in [0, 0.05) is 12.0 Å². The summed E-state index contributed by atoms with van der Waals surface area (Å²) in [6.07, 6.45) is 7.39. The van der Waals surface area contributed by atoms with Gasteiger partial charge in [0.15, 0.2) is 0 Å².